The number of ether oxygens (including phenoxy) is 1. The average molecular weight is 238 g/mol. The molecule has 5 heteroatoms. The summed E-state index contributed by atoms with van der Waals surface area (Å²) < 4.78 is 18.1. The van der Waals surface area contributed by atoms with Crippen LogP contribution in [0, 0.1) is 5.82 Å². The van der Waals surface area contributed by atoms with Gasteiger partial charge in [0.25, 0.3) is 0 Å². The van der Waals surface area contributed by atoms with E-state index in [4.69, 9.17) is 4.74 Å². The van der Waals surface area contributed by atoms with Gasteiger partial charge in [0.1, 0.15) is 12.4 Å². The molecule has 2 rings (SSSR count). The number of carbonyl (C=O) groups is 1. The normalized spacial score (nSPS) is 17.3. The SMILES string of the molecule is CC1(OCC(=O)Nc2ccc(F)cc2)CNC1. The van der Waals surface area contributed by atoms with Gasteiger partial charge >= 0.3 is 0 Å². The minimum absolute atomic E-state index is 0.00948. The minimum atomic E-state index is -0.327. The molecule has 1 aromatic rings. The molecule has 0 spiro atoms. The molecule has 1 aliphatic rings. The van der Waals surface area contributed by atoms with Crippen LogP contribution in [0.2, 0.25) is 0 Å². The van der Waals surface area contributed by atoms with Crippen molar-refractivity contribution in [3.8, 4) is 0 Å². The van der Waals surface area contributed by atoms with Crippen molar-refractivity contribution >= 4 is 11.6 Å². The summed E-state index contributed by atoms with van der Waals surface area (Å²) in [4.78, 5) is 11.5. The van der Waals surface area contributed by atoms with Crippen molar-refractivity contribution in [1.29, 1.82) is 0 Å². The molecule has 1 saturated heterocycles. The van der Waals surface area contributed by atoms with Gasteiger partial charge in [-0.2, -0.15) is 0 Å². The lowest BCUT2D eigenvalue weighted by Gasteiger charge is -2.38. The zero-order chi connectivity index (χ0) is 12.3. The van der Waals surface area contributed by atoms with Crippen molar-refractivity contribution in [1.82, 2.24) is 5.32 Å². The van der Waals surface area contributed by atoms with Crippen LogP contribution in [0.15, 0.2) is 24.3 Å². The second-order valence-corrected chi connectivity index (χ2v) is 4.40. The Bertz CT molecular complexity index is 401. The van der Waals surface area contributed by atoms with Crippen molar-refractivity contribution in [2.45, 2.75) is 12.5 Å². The van der Waals surface area contributed by atoms with Crippen LogP contribution in [0.25, 0.3) is 0 Å². The van der Waals surface area contributed by atoms with Gasteiger partial charge in [0.15, 0.2) is 0 Å². The van der Waals surface area contributed by atoms with Crippen LogP contribution in [0.1, 0.15) is 6.92 Å². The number of hydrogen-bond donors (Lipinski definition) is 2. The van der Waals surface area contributed by atoms with E-state index < -0.39 is 0 Å². The lowest BCUT2D eigenvalue weighted by atomic mass is 10.0. The summed E-state index contributed by atoms with van der Waals surface area (Å²) in [7, 11) is 0. The summed E-state index contributed by atoms with van der Waals surface area (Å²) in [5.41, 5.74) is 0.331. The van der Waals surface area contributed by atoms with Gasteiger partial charge in [-0.3, -0.25) is 4.79 Å². The van der Waals surface area contributed by atoms with E-state index >= 15 is 0 Å². The number of carbonyl (C=O) groups excluding carboxylic acids is 1. The van der Waals surface area contributed by atoms with Crippen LogP contribution in [0.4, 0.5) is 10.1 Å². The number of nitrogens with one attached hydrogen (secondary N) is 2. The highest BCUT2D eigenvalue weighted by Crippen LogP contribution is 2.15. The number of benzene rings is 1. The molecule has 1 amide bonds. The number of amides is 1. The van der Waals surface area contributed by atoms with Crippen LogP contribution in [-0.2, 0) is 9.53 Å². The fourth-order valence-electron chi connectivity index (χ4n) is 1.55. The second-order valence-electron chi connectivity index (χ2n) is 4.40. The Morgan fingerprint density at radius 3 is 2.65 bits per heavy atom. The highest BCUT2D eigenvalue weighted by atomic mass is 19.1. The van der Waals surface area contributed by atoms with E-state index in [1.165, 1.54) is 24.3 Å². The molecule has 92 valence electrons. The Kier molecular flexibility index (Phi) is 3.40. The van der Waals surface area contributed by atoms with Gasteiger partial charge in [-0.15, -0.1) is 0 Å². The Labute approximate surface area is 99.2 Å². The van der Waals surface area contributed by atoms with E-state index in [0.29, 0.717) is 5.69 Å². The van der Waals surface area contributed by atoms with Crippen LogP contribution >= 0.6 is 0 Å². The molecule has 0 aliphatic carbocycles. The molecule has 1 aliphatic heterocycles. The first kappa shape index (κ1) is 12.0. The molecule has 4 nitrogen and oxygen atoms in total. The molecule has 0 bridgehead atoms. The largest absolute Gasteiger partial charge is 0.363 e. The Balaban J connectivity index is 1.79. The van der Waals surface area contributed by atoms with Crippen molar-refractivity contribution < 1.29 is 13.9 Å². The van der Waals surface area contributed by atoms with Crippen molar-refractivity contribution in [3.63, 3.8) is 0 Å². The van der Waals surface area contributed by atoms with E-state index in [-0.39, 0.29) is 23.9 Å². The standard InChI is InChI=1S/C12H15FN2O2/c1-12(7-14-8-12)17-6-11(16)15-10-4-2-9(13)3-5-10/h2-5,14H,6-8H2,1H3,(H,15,16). The third-order valence-corrected chi connectivity index (χ3v) is 2.68. The van der Waals surface area contributed by atoms with Crippen molar-refractivity contribution in [3.05, 3.63) is 30.1 Å². The fourth-order valence-corrected chi connectivity index (χ4v) is 1.55. The lowest BCUT2D eigenvalue weighted by Crippen LogP contribution is -2.59. The van der Waals surface area contributed by atoms with Gasteiger partial charge in [-0.25, -0.2) is 4.39 Å². The van der Waals surface area contributed by atoms with E-state index in [1.54, 1.807) is 0 Å². The lowest BCUT2D eigenvalue weighted by molar-refractivity contribution is -0.130. The molecule has 0 unspecified atom stereocenters. The molecule has 0 radical (unpaired) electrons. The van der Waals surface area contributed by atoms with Gasteiger partial charge in [-0.1, -0.05) is 0 Å². The zero-order valence-electron chi connectivity index (χ0n) is 9.63. The first-order chi connectivity index (χ1) is 8.07. The summed E-state index contributed by atoms with van der Waals surface area (Å²) in [5, 5.41) is 5.72. The third-order valence-electron chi connectivity index (χ3n) is 2.68. The quantitative estimate of drug-likeness (QED) is 0.827. The summed E-state index contributed by atoms with van der Waals surface area (Å²) in [6.07, 6.45) is 0. The third kappa shape index (κ3) is 3.25. The van der Waals surface area contributed by atoms with Crippen molar-refractivity contribution in [2.24, 2.45) is 0 Å². The van der Waals surface area contributed by atoms with Crippen LogP contribution < -0.4 is 10.6 Å². The average Bonchev–Trinajstić information content (AvgIpc) is 2.27. The zero-order valence-corrected chi connectivity index (χ0v) is 9.63. The van der Waals surface area contributed by atoms with Crippen LogP contribution in [-0.4, -0.2) is 31.2 Å². The molecule has 17 heavy (non-hydrogen) atoms. The summed E-state index contributed by atoms with van der Waals surface area (Å²) >= 11 is 0. The maximum absolute atomic E-state index is 12.6. The van der Waals surface area contributed by atoms with E-state index in [9.17, 15) is 9.18 Å². The molecule has 2 N–H and O–H groups in total. The smallest absolute Gasteiger partial charge is 0.250 e. The first-order valence-electron chi connectivity index (χ1n) is 5.48. The number of rotatable bonds is 4. The molecule has 1 heterocycles. The Morgan fingerprint density at radius 2 is 2.12 bits per heavy atom. The van der Waals surface area contributed by atoms with E-state index in [0.717, 1.165) is 13.1 Å². The highest BCUT2D eigenvalue weighted by Gasteiger charge is 2.32. The predicted molar refractivity (Wildman–Crippen MR) is 62.3 cm³/mol. The number of halogens is 1. The highest BCUT2D eigenvalue weighted by molar-refractivity contribution is 5.91. The molecule has 0 saturated carbocycles. The maximum Gasteiger partial charge on any atom is 0.250 e. The minimum Gasteiger partial charge on any atom is -0.363 e. The summed E-state index contributed by atoms with van der Waals surface area (Å²) in [6.45, 7) is 3.48. The predicted octanol–water partition coefficient (Wildman–Crippen LogP) is 1.14. The van der Waals surface area contributed by atoms with Crippen LogP contribution in [0.5, 0.6) is 0 Å². The van der Waals surface area contributed by atoms with Gasteiger partial charge in [0, 0.05) is 18.8 Å². The van der Waals surface area contributed by atoms with E-state index in [2.05, 4.69) is 10.6 Å². The van der Waals surface area contributed by atoms with Crippen LogP contribution in [0.3, 0.4) is 0 Å². The van der Waals surface area contributed by atoms with Crippen molar-refractivity contribution in [2.75, 3.05) is 25.0 Å². The molecule has 0 atom stereocenters. The first-order valence-corrected chi connectivity index (χ1v) is 5.48. The molecular weight excluding hydrogens is 223 g/mol. The maximum atomic E-state index is 12.6. The molecular formula is C12H15FN2O2. The van der Waals surface area contributed by atoms with E-state index in [1.807, 2.05) is 6.92 Å². The fraction of sp³-hybridized carbons (Fsp3) is 0.417. The molecule has 1 fully saturated rings. The monoisotopic (exact) mass is 238 g/mol. The molecule has 1 aromatic carbocycles. The topological polar surface area (TPSA) is 50.4 Å². The van der Waals surface area contributed by atoms with Gasteiger partial charge in [0.2, 0.25) is 5.91 Å². The Morgan fingerprint density at radius 1 is 1.47 bits per heavy atom. The van der Waals surface area contributed by atoms with Gasteiger partial charge in [0.05, 0.1) is 5.60 Å². The second kappa shape index (κ2) is 4.81. The van der Waals surface area contributed by atoms with Gasteiger partial charge < -0.3 is 15.4 Å². The summed E-state index contributed by atoms with van der Waals surface area (Å²) in [6, 6.07) is 5.63. The molecule has 0 aromatic heterocycles. The number of hydrogen-bond acceptors (Lipinski definition) is 3. The number of anilines is 1. The Hall–Kier alpha value is -1.46. The summed E-state index contributed by atoms with van der Waals surface area (Å²) in [5.74, 6) is -0.558. The van der Waals surface area contributed by atoms with Gasteiger partial charge in [-0.05, 0) is 31.2 Å².